The summed E-state index contributed by atoms with van der Waals surface area (Å²) >= 11 is 0.765. The Bertz CT molecular complexity index is 1470. The Balaban J connectivity index is 1.83. The van der Waals surface area contributed by atoms with Crippen molar-refractivity contribution in [2.75, 3.05) is 17.2 Å². The third-order valence-corrected chi connectivity index (χ3v) is 6.83. The van der Waals surface area contributed by atoms with Crippen LogP contribution in [0.15, 0.2) is 78.9 Å². The molecule has 4 rings (SSSR count). The van der Waals surface area contributed by atoms with E-state index >= 15 is 0 Å². The van der Waals surface area contributed by atoms with Gasteiger partial charge in [0.05, 0.1) is 12.3 Å². The molecule has 0 fully saturated rings. The van der Waals surface area contributed by atoms with Gasteiger partial charge in [-0.1, -0.05) is 54.6 Å². The van der Waals surface area contributed by atoms with Gasteiger partial charge < -0.3 is 21.5 Å². The third-order valence-electron chi connectivity index (χ3n) is 5.98. The van der Waals surface area contributed by atoms with Crippen molar-refractivity contribution in [3.63, 3.8) is 0 Å². The van der Waals surface area contributed by atoms with Crippen LogP contribution in [0.3, 0.4) is 0 Å². The van der Waals surface area contributed by atoms with Gasteiger partial charge in [0.2, 0.25) is 5.91 Å². The van der Waals surface area contributed by atoms with E-state index in [1.54, 1.807) is 42.5 Å². The van der Waals surface area contributed by atoms with Gasteiger partial charge in [0.25, 0.3) is 11.8 Å². The second kappa shape index (κ2) is 12.2. The molecule has 1 atom stereocenters. The zero-order chi connectivity index (χ0) is 27.9. The summed E-state index contributed by atoms with van der Waals surface area (Å²) in [4.78, 5) is 41.2. The molecule has 0 bridgehead atoms. The van der Waals surface area contributed by atoms with Crippen LogP contribution >= 0.6 is 11.5 Å². The van der Waals surface area contributed by atoms with Crippen molar-refractivity contribution in [1.82, 2.24) is 9.69 Å². The minimum atomic E-state index is -1.09. The highest BCUT2D eigenvalue weighted by Crippen LogP contribution is 2.34. The number of nitrogens with zero attached hydrogens (tertiary/aromatic N) is 2. The minimum Gasteiger partial charge on any atom is -0.494 e. The van der Waals surface area contributed by atoms with Crippen molar-refractivity contribution in [3.05, 3.63) is 106 Å². The Morgan fingerprint density at radius 1 is 1.03 bits per heavy atom. The van der Waals surface area contributed by atoms with E-state index in [0.717, 1.165) is 22.7 Å². The van der Waals surface area contributed by atoms with Crippen LogP contribution in [0.5, 0.6) is 5.75 Å². The Morgan fingerprint density at radius 2 is 1.74 bits per heavy atom. The highest BCUT2D eigenvalue weighted by atomic mass is 32.1. The molecule has 1 unspecified atom stereocenters. The maximum Gasteiger partial charge on any atom is 0.273 e. The van der Waals surface area contributed by atoms with Gasteiger partial charge in [0.15, 0.2) is 5.69 Å². The summed E-state index contributed by atoms with van der Waals surface area (Å²) in [6.45, 7) is 4.52. The van der Waals surface area contributed by atoms with Crippen LogP contribution in [-0.2, 0) is 11.3 Å². The van der Waals surface area contributed by atoms with Gasteiger partial charge in [0.1, 0.15) is 16.7 Å². The molecule has 200 valence electrons. The number of aryl methyl sites for hydroxylation is 1. The standard InChI is InChI=1S/C29H29N5O4S/c1-3-38-22-14-12-20(13-15-22)25(28(36)32-17-19-9-5-4-6-10-19)34(21-11-7-8-18(2)16-21)29(37)26-23(30)24(27(31)35)33-39-26/h4-16,25H,3,17,30H2,1-2H3,(H2,31,35)(H,32,36). The lowest BCUT2D eigenvalue weighted by Crippen LogP contribution is -2.44. The quantitative estimate of drug-likeness (QED) is 0.273. The number of aromatic nitrogens is 1. The van der Waals surface area contributed by atoms with Gasteiger partial charge in [0, 0.05) is 12.2 Å². The van der Waals surface area contributed by atoms with Crippen LogP contribution in [-0.4, -0.2) is 28.7 Å². The molecule has 0 aliphatic rings. The number of hydrogen-bond acceptors (Lipinski definition) is 7. The number of primary amides is 1. The average molecular weight is 544 g/mol. The summed E-state index contributed by atoms with van der Waals surface area (Å²) < 4.78 is 9.57. The molecule has 0 aliphatic carbocycles. The van der Waals surface area contributed by atoms with Crippen LogP contribution in [0.25, 0.3) is 0 Å². The number of carbonyl (C=O) groups excluding carboxylic acids is 3. The lowest BCUT2D eigenvalue weighted by atomic mass is 10.0. The maximum atomic E-state index is 14.1. The predicted octanol–water partition coefficient (Wildman–Crippen LogP) is 4.24. The van der Waals surface area contributed by atoms with Crippen molar-refractivity contribution < 1.29 is 19.1 Å². The summed E-state index contributed by atoms with van der Waals surface area (Å²) in [5.74, 6) is -1.20. The normalized spacial score (nSPS) is 11.4. The molecule has 5 N–H and O–H groups in total. The zero-order valence-electron chi connectivity index (χ0n) is 21.6. The van der Waals surface area contributed by atoms with Crippen LogP contribution in [0.4, 0.5) is 11.4 Å². The number of rotatable bonds is 10. The lowest BCUT2D eigenvalue weighted by Gasteiger charge is -2.31. The molecule has 0 radical (unpaired) electrons. The SMILES string of the molecule is CCOc1ccc(C(C(=O)NCc2ccccc2)N(C(=O)c2snc(C(N)=O)c2N)c2cccc(C)c2)cc1. The molecule has 39 heavy (non-hydrogen) atoms. The maximum absolute atomic E-state index is 14.1. The molecule has 9 nitrogen and oxygen atoms in total. The molecule has 0 spiro atoms. The van der Waals surface area contributed by atoms with E-state index in [-0.39, 0.29) is 22.8 Å². The smallest absolute Gasteiger partial charge is 0.273 e. The number of nitrogens with one attached hydrogen (secondary N) is 1. The molecule has 0 aliphatic heterocycles. The molecule has 0 saturated carbocycles. The highest BCUT2D eigenvalue weighted by Gasteiger charge is 2.36. The van der Waals surface area contributed by atoms with Crippen molar-refractivity contribution in [2.24, 2.45) is 5.73 Å². The van der Waals surface area contributed by atoms with Crippen LogP contribution < -0.4 is 26.4 Å². The van der Waals surface area contributed by atoms with Crippen molar-refractivity contribution in [3.8, 4) is 5.75 Å². The largest absolute Gasteiger partial charge is 0.494 e. The van der Waals surface area contributed by atoms with E-state index in [1.807, 2.05) is 50.2 Å². The van der Waals surface area contributed by atoms with Gasteiger partial charge in [-0.2, -0.15) is 4.37 Å². The first-order valence-electron chi connectivity index (χ1n) is 12.3. The van der Waals surface area contributed by atoms with Crippen LogP contribution in [0.1, 0.15) is 49.8 Å². The number of hydrogen-bond donors (Lipinski definition) is 3. The van der Waals surface area contributed by atoms with Gasteiger partial charge in [-0.05, 0) is 66.3 Å². The molecular formula is C29H29N5O4S. The summed E-state index contributed by atoms with van der Waals surface area (Å²) in [5.41, 5.74) is 14.0. The molecule has 1 aromatic heterocycles. The second-order valence-corrected chi connectivity index (χ2v) is 9.53. The fourth-order valence-electron chi connectivity index (χ4n) is 4.11. The summed E-state index contributed by atoms with van der Waals surface area (Å²) in [6, 6.07) is 22.6. The van der Waals surface area contributed by atoms with Crippen LogP contribution in [0, 0.1) is 6.92 Å². The number of anilines is 2. The van der Waals surface area contributed by atoms with Gasteiger partial charge in [-0.3, -0.25) is 19.3 Å². The van der Waals surface area contributed by atoms with E-state index in [0.29, 0.717) is 23.6 Å². The average Bonchev–Trinajstić information content (AvgIpc) is 3.33. The number of nitrogens with two attached hydrogens (primary N) is 2. The van der Waals surface area contributed by atoms with E-state index in [2.05, 4.69) is 9.69 Å². The van der Waals surface area contributed by atoms with Gasteiger partial charge in [-0.15, -0.1) is 0 Å². The first-order valence-corrected chi connectivity index (χ1v) is 13.1. The second-order valence-electron chi connectivity index (χ2n) is 8.76. The number of carbonyl (C=O) groups is 3. The van der Waals surface area contributed by atoms with Crippen molar-refractivity contribution in [2.45, 2.75) is 26.4 Å². The Hall–Kier alpha value is -4.70. The first kappa shape index (κ1) is 27.3. The third kappa shape index (κ3) is 6.24. The Labute approximate surface area is 230 Å². The van der Waals surface area contributed by atoms with Gasteiger partial charge >= 0.3 is 0 Å². The molecule has 3 aromatic carbocycles. The summed E-state index contributed by atoms with van der Waals surface area (Å²) in [5, 5.41) is 2.96. The zero-order valence-corrected chi connectivity index (χ0v) is 22.4. The Morgan fingerprint density at radius 3 is 2.36 bits per heavy atom. The van der Waals surface area contributed by atoms with Crippen LogP contribution in [0.2, 0.25) is 0 Å². The summed E-state index contributed by atoms with van der Waals surface area (Å²) in [6.07, 6.45) is 0. The fraction of sp³-hybridized carbons (Fsp3) is 0.172. The highest BCUT2D eigenvalue weighted by molar-refractivity contribution is 7.09. The van der Waals surface area contributed by atoms with Gasteiger partial charge in [-0.25, -0.2) is 0 Å². The van der Waals surface area contributed by atoms with E-state index in [9.17, 15) is 14.4 Å². The molecular weight excluding hydrogens is 514 g/mol. The van der Waals surface area contributed by atoms with E-state index in [4.69, 9.17) is 16.2 Å². The topological polar surface area (TPSA) is 141 Å². The first-order chi connectivity index (χ1) is 18.8. The number of amides is 3. The number of ether oxygens (including phenoxy) is 1. The molecule has 10 heteroatoms. The molecule has 3 amide bonds. The number of benzene rings is 3. The number of nitrogen functional groups attached to an aromatic ring is 1. The van der Waals surface area contributed by atoms with Crippen molar-refractivity contribution in [1.29, 1.82) is 0 Å². The monoisotopic (exact) mass is 543 g/mol. The van der Waals surface area contributed by atoms with Crippen molar-refractivity contribution >= 4 is 40.6 Å². The molecule has 0 saturated heterocycles. The Kier molecular flexibility index (Phi) is 8.57. The fourth-order valence-corrected chi connectivity index (χ4v) is 4.85. The van der Waals surface area contributed by atoms with E-state index in [1.165, 1.54) is 4.90 Å². The minimum absolute atomic E-state index is 0.0112. The van der Waals surface area contributed by atoms with E-state index < -0.39 is 23.8 Å². The summed E-state index contributed by atoms with van der Waals surface area (Å²) in [7, 11) is 0. The predicted molar refractivity (Wildman–Crippen MR) is 152 cm³/mol. The molecule has 4 aromatic rings. The molecule has 1 heterocycles. The lowest BCUT2D eigenvalue weighted by molar-refractivity contribution is -0.122.